The summed E-state index contributed by atoms with van der Waals surface area (Å²) in [6.45, 7) is 3.84. The summed E-state index contributed by atoms with van der Waals surface area (Å²) < 4.78 is 29.6. The van der Waals surface area contributed by atoms with Gasteiger partial charge in [-0.25, -0.2) is 18.4 Å². The van der Waals surface area contributed by atoms with Crippen molar-refractivity contribution in [3.63, 3.8) is 0 Å². The molecule has 0 saturated heterocycles. The zero-order valence-electron chi connectivity index (χ0n) is 16.1. The van der Waals surface area contributed by atoms with Crippen LogP contribution in [0.2, 0.25) is 0 Å². The van der Waals surface area contributed by atoms with E-state index in [-0.39, 0.29) is 0 Å². The van der Waals surface area contributed by atoms with Gasteiger partial charge in [-0.05, 0) is 43.2 Å². The van der Waals surface area contributed by atoms with Crippen molar-refractivity contribution < 1.29 is 8.42 Å². The first kappa shape index (κ1) is 18.9. The van der Waals surface area contributed by atoms with E-state index in [4.69, 9.17) is 0 Å². The second-order valence-corrected chi connectivity index (χ2v) is 8.41. The molecule has 0 radical (unpaired) electrons. The molecular formula is C22H20N4O2S. The van der Waals surface area contributed by atoms with E-state index >= 15 is 0 Å². The molecule has 2 aromatic carbocycles. The molecule has 0 fully saturated rings. The molecule has 0 aliphatic heterocycles. The average Bonchev–Trinajstić information content (AvgIpc) is 3.13. The number of rotatable bonds is 5. The van der Waals surface area contributed by atoms with Crippen molar-refractivity contribution >= 4 is 27.6 Å². The van der Waals surface area contributed by atoms with Gasteiger partial charge >= 0.3 is 0 Å². The number of sulfonamides is 1. The molecule has 4 aromatic rings. The number of imidazole rings is 1. The molecule has 0 bridgehead atoms. The third-order valence-corrected chi connectivity index (χ3v) is 5.54. The zero-order chi connectivity index (χ0) is 20.4. The minimum absolute atomic E-state index is 0.515. The molecule has 29 heavy (non-hydrogen) atoms. The van der Waals surface area contributed by atoms with E-state index in [9.17, 15) is 8.42 Å². The zero-order valence-corrected chi connectivity index (χ0v) is 16.9. The number of anilines is 1. The number of hydrogen-bond acceptors (Lipinski definition) is 4. The Kier molecular flexibility index (Phi) is 4.90. The van der Waals surface area contributed by atoms with E-state index in [1.54, 1.807) is 18.3 Å². The fraction of sp³-hybridized carbons (Fsp3) is 0.0909. The summed E-state index contributed by atoms with van der Waals surface area (Å²) in [6.07, 6.45) is 6.99. The minimum atomic E-state index is -3.66. The van der Waals surface area contributed by atoms with Gasteiger partial charge in [0.15, 0.2) is 0 Å². The highest BCUT2D eigenvalue weighted by molar-refractivity contribution is 7.95. The van der Waals surface area contributed by atoms with Gasteiger partial charge in [-0.15, -0.1) is 0 Å². The second-order valence-electron chi connectivity index (χ2n) is 6.84. The van der Waals surface area contributed by atoms with Crippen molar-refractivity contribution in [3.8, 4) is 11.3 Å². The Hall–Kier alpha value is -3.45. The lowest BCUT2D eigenvalue weighted by atomic mass is 10.1. The Morgan fingerprint density at radius 2 is 1.86 bits per heavy atom. The van der Waals surface area contributed by atoms with Crippen LogP contribution in [0.1, 0.15) is 16.7 Å². The molecule has 7 heteroatoms. The number of aryl methyl sites for hydroxylation is 2. The number of benzene rings is 2. The predicted octanol–water partition coefficient (Wildman–Crippen LogP) is 4.43. The SMILES string of the molecule is Cc1ccc(/C=C/S(=O)(=O)Nc2cc(-c3cn4cccnc4n3)ccc2C)cc1. The van der Waals surface area contributed by atoms with Gasteiger partial charge in [0.25, 0.3) is 10.0 Å². The third-order valence-electron chi connectivity index (χ3n) is 4.54. The fourth-order valence-electron chi connectivity index (χ4n) is 2.89. The summed E-state index contributed by atoms with van der Waals surface area (Å²) in [4.78, 5) is 8.71. The van der Waals surface area contributed by atoms with Crippen LogP contribution in [0.15, 0.2) is 72.5 Å². The van der Waals surface area contributed by atoms with Gasteiger partial charge in [0.2, 0.25) is 5.78 Å². The highest BCUT2D eigenvalue weighted by Gasteiger charge is 2.11. The molecule has 0 aliphatic carbocycles. The Balaban J connectivity index is 1.61. The Bertz CT molecular complexity index is 1270. The maximum Gasteiger partial charge on any atom is 0.255 e. The highest BCUT2D eigenvalue weighted by atomic mass is 32.2. The van der Waals surface area contributed by atoms with Crippen molar-refractivity contribution in [1.82, 2.24) is 14.4 Å². The van der Waals surface area contributed by atoms with Crippen LogP contribution < -0.4 is 4.72 Å². The third kappa shape index (κ3) is 4.35. The van der Waals surface area contributed by atoms with Gasteiger partial charge in [0.1, 0.15) is 0 Å². The maximum atomic E-state index is 12.6. The molecule has 0 spiro atoms. The maximum absolute atomic E-state index is 12.6. The van der Waals surface area contributed by atoms with Gasteiger partial charge in [-0.2, -0.15) is 0 Å². The number of aromatic nitrogens is 3. The monoisotopic (exact) mass is 404 g/mol. The van der Waals surface area contributed by atoms with E-state index in [0.29, 0.717) is 11.5 Å². The molecule has 0 amide bonds. The number of fused-ring (bicyclic) bond motifs is 1. The van der Waals surface area contributed by atoms with E-state index in [1.165, 1.54) is 5.41 Å². The molecule has 0 saturated carbocycles. The molecule has 2 aromatic heterocycles. The lowest BCUT2D eigenvalue weighted by molar-refractivity contribution is 0.609. The summed E-state index contributed by atoms with van der Waals surface area (Å²) in [7, 11) is -3.66. The smallest absolute Gasteiger partial charge is 0.255 e. The van der Waals surface area contributed by atoms with Crippen LogP contribution in [0, 0.1) is 13.8 Å². The second kappa shape index (κ2) is 7.52. The molecule has 4 rings (SSSR count). The molecule has 146 valence electrons. The van der Waals surface area contributed by atoms with Crippen LogP contribution in [0.5, 0.6) is 0 Å². The molecule has 6 nitrogen and oxygen atoms in total. The first-order valence-electron chi connectivity index (χ1n) is 9.08. The van der Waals surface area contributed by atoms with Crippen LogP contribution >= 0.6 is 0 Å². The summed E-state index contributed by atoms with van der Waals surface area (Å²) in [5.74, 6) is 0.589. The minimum Gasteiger partial charge on any atom is -0.291 e. The standard InChI is InChI=1S/C22H20N4O2S/c1-16-4-7-18(8-5-16)10-13-29(27,28)25-20-14-19(9-6-17(20)2)21-15-26-12-3-11-23-22(26)24-21/h3-15,25H,1-2H3/b13-10+. The van der Waals surface area contributed by atoms with Crippen LogP contribution in [0.3, 0.4) is 0 Å². The van der Waals surface area contributed by atoms with E-state index < -0.39 is 10.0 Å². The van der Waals surface area contributed by atoms with Crippen LogP contribution in [0.4, 0.5) is 5.69 Å². The van der Waals surface area contributed by atoms with E-state index in [2.05, 4.69) is 14.7 Å². The molecule has 0 atom stereocenters. The Labute approximate surface area is 169 Å². The van der Waals surface area contributed by atoms with Crippen molar-refractivity contribution in [2.24, 2.45) is 0 Å². The summed E-state index contributed by atoms with van der Waals surface area (Å²) in [5, 5.41) is 1.18. The number of hydrogen-bond donors (Lipinski definition) is 1. The summed E-state index contributed by atoms with van der Waals surface area (Å²) in [5.41, 5.74) is 4.81. The van der Waals surface area contributed by atoms with Gasteiger partial charge < -0.3 is 0 Å². The molecule has 0 aliphatic rings. The van der Waals surface area contributed by atoms with Gasteiger partial charge in [0, 0.05) is 24.2 Å². The first-order valence-corrected chi connectivity index (χ1v) is 10.6. The summed E-state index contributed by atoms with van der Waals surface area (Å²) >= 11 is 0. The Morgan fingerprint density at radius 3 is 2.62 bits per heavy atom. The molecule has 1 N–H and O–H groups in total. The highest BCUT2D eigenvalue weighted by Crippen LogP contribution is 2.26. The van der Waals surface area contributed by atoms with E-state index in [0.717, 1.165) is 27.9 Å². The van der Waals surface area contributed by atoms with Crippen LogP contribution in [-0.4, -0.2) is 22.8 Å². The molecule has 0 unspecified atom stereocenters. The Morgan fingerprint density at radius 1 is 1.07 bits per heavy atom. The molecule has 2 heterocycles. The van der Waals surface area contributed by atoms with Crippen molar-refractivity contribution in [1.29, 1.82) is 0 Å². The molecular weight excluding hydrogens is 384 g/mol. The quantitative estimate of drug-likeness (QED) is 0.534. The normalized spacial score (nSPS) is 11.9. The largest absolute Gasteiger partial charge is 0.291 e. The lowest BCUT2D eigenvalue weighted by Gasteiger charge is -2.09. The number of nitrogens with zero attached hydrogens (tertiary/aromatic N) is 3. The van der Waals surface area contributed by atoms with Crippen molar-refractivity contribution in [2.45, 2.75) is 13.8 Å². The van der Waals surface area contributed by atoms with Crippen molar-refractivity contribution in [2.75, 3.05) is 4.72 Å². The van der Waals surface area contributed by atoms with E-state index in [1.807, 2.05) is 73.1 Å². The van der Waals surface area contributed by atoms with Gasteiger partial charge in [-0.3, -0.25) is 9.12 Å². The van der Waals surface area contributed by atoms with Crippen LogP contribution in [0.25, 0.3) is 23.1 Å². The number of nitrogens with one attached hydrogen (secondary N) is 1. The topological polar surface area (TPSA) is 76.4 Å². The fourth-order valence-corrected chi connectivity index (χ4v) is 3.82. The first-order chi connectivity index (χ1) is 13.9. The predicted molar refractivity (Wildman–Crippen MR) is 116 cm³/mol. The summed E-state index contributed by atoms with van der Waals surface area (Å²) in [6, 6.07) is 15.0. The average molecular weight is 404 g/mol. The van der Waals surface area contributed by atoms with Gasteiger partial charge in [-0.1, -0.05) is 42.0 Å². The lowest BCUT2D eigenvalue weighted by Crippen LogP contribution is -2.10. The van der Waals surface area contributed by atoms with Gasteiger partial charge in [0.05, 0.1) is 16.8 Å². The van der Waals surface area contributed by atoms with Crippen molar-refractivity contribution in [3.05, 3.63) is 89.2 Å². The van der Waals surface area contributed by atoms with Crippen LogP contribution in [-0.2, 0) is 10.0 Å².